The van der Waals surface area contributed by atoms with Crippen molar-refractivity contribution in [2.75, 3.05) is 18.4 Å². The highest BCUT2D eigenvalue weighted by Gasteiger charge is 2.03. The van der Waals surface area contributed by atoms with Crippen molar-refractivity contribution in [3.05, 3.63) is 64.7 Å². The molecule has 0 aliphatic carbocycles. The number of hydrogen-bond acceptors (Lipinski definition) is 3. The number of nitrogens with zero attached hydrogens (tertiary/aromatic N) is 1. The van der Waals surface area contributed by atoms with E-state index in [1.165, 1.54) is 11.1 Å². The third-order valence-electron chi connectivity index (χ3n) is 3.49. The fourth-order valence-corrected chi connectivity index (χ4v) is 2.28. The molecule has 0 radical (unpaired) electrons. The summed E-state index contributed by atoms with van der Waals surface area (Å²) in [6.45, 7) is 5.69. The van der Waals surface area contributed by atoms with Crippen LogP contribution < -0.4 is 11.1 Å². The molecule has 1 unspecified atom stereocenters. The minimum atomic E-state index is 0.0135. The smallest absolute Gasteiger partial charge is 0.113 e. The van der Waals surface area contributed by atoms with Gasteiger partial charge in [-0.1, -0.05) is 41.4 Å². The largest absolute Gasteiger partial charge is 0.386 e. The van der Waals surface area contributed by atoms with Gasteiger partial charge in [0.05, 0.1) is 25.8 Å². The van der Waals surface area contributed by atoms with Crippen LogP contribution in [0.2, 0.25) is 5.02 Å². The third-order valence-corrected chi connectivity index (χ3v) is 3.74. The fraction of sp³-hybridized carbons (Fsp3) is 0.316. The van der Waals surface area contributed by atoms with Gasteiger partial charge >= 0.3 is 0 Å². The Kier molecular flexibility index (Phi) is 7.09. The van der Waals surface area contributed by atoms with Crippen LogP contribution in [0.5, 0.6) is 0 Å². The molecule has 2 aromatic carbocycles. The lowest BCUT2D eigenvalue weighted by Crippen LogP contribution is -2.25. The average Bonchev–Trinajstić information content (AvgIpc) is 2.57. The molecule has 0 bridgehead atoms. The zero-order valence-electron chi connectivity index (χ0n) is 14.1. The molecular weight excluding hydrogens is 322 g/mol. The van der Waals surface area contributed by atoms with Gasteiger partial charge in [0, 0.05) is 10.7 Å². The van der Waals surface area contributed by atoms with E-state index in [2.05, 4.69) is 35.4 Å². The summed E-state index contributed by atoms with van der Waals surface area (Å²) in [4.78, 5) is 4.37. The van der Waals surface area contributed by atoms with Crippen LogP contribution in [0.25, 0.3) is 0 Å². The average molecular weight is 346 g/mol. The zero-order valence-corrected chi connectivity index (χ0v) is 14.9. The van der Waals surface area contributed by atoms with Crippen LogP contribution in [-0.4, -0.2) is 25.0 Å². The molecule has 0 aromatic heterocycles. The van der Waals surface area contributed by atoms with E-state index in [-0.39, 0.29) is 6.10 Å². The Labute approximate surface area is 148 Å². The number of nitrogens with one attached hydrogen (secondary N) is 1. The van der Waals surface area contributed by atoms with Gasteiger partial charge in [-0.3, -0.25) is 4.99 Å². The van der Waals surface area contributed by atoms with Crippen LogP contribution in [0.4, 0.5) is 5.69 Å². The molecule has 0 heterocycles. The molecule has 0 saturated heterocycles. The number of nitrogens with two attached hydrogens (primary N) is 1. The maximum Gasteiger partial charge on any atom is 0.113 e. The molecule has 2 aromatic rings. The molecule has 24 heavy (non-hydrogen) atoms. The number of aliphatic imine (C=N–C) groups is 1. The summed E-state index contributed by atoms with van der Waals surface area (Å²) in [7, 11) is 0. The Morgan fingerprint density at radius 2 is 2.00 bits per heavy atom. The van der Waals surface area contributed by atoms with Crippen molar-refractivity contribution in [1.29, 1.82) is 0 Å². The summed E-state index contributed by atoms with van der Waals surface area (Å²) >= 11 is 5.85. The quantitative estimate of drug-likeness (QED) is 0.561. The van der Waals surface area contributed by atoms with Crippen molar-refractivity contribution in [3.8, 4) is 0 Å². The SMILES string of the molecule is Cc1cccc(COC(C)CN=C(N)CNc2ccc(Cl)cc2)c1. The van der Waals surface area contributed by atoms with E-state index >= 15 is 0 Å². The second-order valence-corrected chi connectivity index (χ2v) is 6.24. The standard InChI is InChI=1S/C19H24ClN3O/c1-14-4-3-5-16(10-14)13-24-15(2)11-23-19(21)12-22-18-8-6-17(20)7-9-18/h3-10,15,22H,11-13H2,1-2H3,(H2,21,23). The minimum absolute atomic E-state index is 0.0135. The first-order valence-electron chi connectivity index (χ1n) is 7.98. The Bertz CT molecular complexity index is 671. The highest BCUT2D eigenvalue weighted by atomic mass is 35.5. The maximum atomic E-state index is 5.93. The van der Waals surface area contributed by atoms with Crippen LogP contribution in [0.15, 0.2) is 53.5 Å². The summed E-state index contributed by atoms with van der Waals surface area (Å²) in [5.41, 5.74) is 9.30. The van der Waals surface area contributed by atoms with Gasteiger partial charge in [-0.15, -0.1) is 0 Å². The Hall–Kier alpha value is -2.04. The molecule has 0 amide bonds. The second-order valence-electron chi connectivity index (χ2n) is 5.80. The monoisotopic (exact) mass is 345 g/mol. The third kappa shape index (κ3) is 6.60. The van der Waals surface area contributed by atoms with Crippen molar-refractivity contribution in [1.82, 2.24) is 0 Å². The first-order valence-corrected chi connectivity index (χ1v) is 8.36. The lowest BCUT2D eigenvalue weighted by molar-refractivity contribution is 0.0593. The number of hydrogen-bond donors (Lipinski definition) is 2. The van der Waals surface area contributed by atoms with E-state index in [1.54, 1.807) is 0 Å². The number of ether oxygens (including phenoxy) is 1. The number of halogens is 1. The fourth-order valence-electron chi connectivity index (χ4n) is 2.16. The van der Waals surface area contributed by atoms with Crippen molar-refractivity contribution >= 4 is 23.1 Å². The van der Waals surface area contributed by atoms with Gasteiger partial charge in [-0.05, 0) is 43.7 Å². The predicted octanol–water partition coefficient (Wildman–Crippen LogP) is 4.02. The van der Waals surface area contributed by atoms with E-state index in [4.69, 9.17) is 22.1 Å². The molecule has 0 aliphatic heterocycles. The molecule has 1 atom stereocenters. The number of aryl methyl sites for hydroxylation is 1. The van der Waals surface area contributed by atoms with Gasteiger partial charge in [0.25, 0.3) is 0 Å². The van der Waals surface area contributed by atoms with E-state index in [0.717, 1.165) is 5.69 Å². The Morgan fingerprint density at radius 1 is 1.25 bits per heavy atom. The lowest BCUT2D eigenvalue weighted by atomic mass is 10.1. The van der Waals surface area contributed by atoms with Crippen molar-refractivity contribution in [2.45, 2.75) is 26.6 Å². The summed E-state index contributed by atoms with van der Waals surface area (Å²) in [5, 5.41) is 3.91. The van der Waals surface area contributed by atoms with Crippen molar-refractivity contribution in [3.63, 3.8) is 0 Å². The van der Waals surface area contributed by atoms with Gasteiger partial charge in [-0.2, -0.15) is 0 Å². The van der Waals surface area contributed by atoms with Crippen molar-refractivity contribution < 1.29 is 4.74 Å². The van der Waals surface area contributed by atoms with E-state index in [1.807, 2.05) is 37.3 Å². The minimum Gasteiger partial charge on any atom is -0.386 e. The summed E-state index contributed by atoms with van der Waals surface area (Å²) in [6.07, 6.45) is 0.0135. The first kappa shape index (κ1) is 18.3. The molecule has 5 heteroatoms. The molecule has 128 valence electrons. The first-order chi connectivity index (χ1) is 11.5. The van der Waals surface area contributed by atoms with E-state index in [0.29, 0.717) is 30.6 Å². The number of rotatable bonds is 8. The van der Waals surface area contributed by atoms with Gasteiger partial charge in [0.1, 0.15) is 5.84 Å². The number of anilines is 1. The molecule has 4 nitrogen and oxygen atoms in total. The van der Waals surface area contributed by atoms with Crippen LogP contribution in [-0.2, 0) is 11.3 Å². The summed E-state index contributed by atoms with van der Waals surface area (Å²) in [5.74, 6) is 0.552. The lowest BCUT2D eigenvalue weighted by Gasteiger charge is -2.12. The molecule has 2 rings (SSSR count). The van der Waals surface area contributed by atoms with Gasteiger partial charge < -0.3 is 15.8 Å². The Balaban J connectivity index is 1.71. The van der Waals surface area contributed by atoms with E-state index in [9.17, 15) is 0 Å². The normalized spacial score (nSPS) is 12.9. The van der Waals surface area contributed by atoms with Crippen molar-refractivity contribution in [2.24, 2.45) is 10.7 Å². The topological polar surface area (TPSA) is 59.6 Å². The summed E-state index contributed by atoms with van der Waals surface area (Å²) < 4.78 is 5.81. The number of amidine groups is 1. The van der Waals surface area contributed by atoms with E-state index < -0.39 is 0 Å². The molecule has 3 N–H and O–H groups in total. The summed E-state index contributed by atoms with van der Waals surface area (Å²) in [6, 6.07) is 15.8. The van der Waals surface area contributed by atoms with Gasteiger partial charge in [-0.25, -0.2) is 0 Å². The van der Waals surface area contributed by atoms with Crippen LogP contribution >= 0.6 is 11.6 Å². The molecule has 0 fully saturated rings. The molecule has 0 saturated carbocycles. The highest BCUT2D eigenvalue weighted by Crippen LogP contribution is 2.13. The second kappa shape index (κ2) is 9.30. The maximum absolute atomic E-state index is 5.93. The van der Waals surface area contributed by atoms with Crippen LogP contribution in [0.1, 0.15) is 18.1 Å². The molecule has 0 aliphatic rings. The molecule has 0 spiro atoms. The molecular formula is C19H24ClN3O. The van der Waals surface area contributed by atoms with Gasteiger partial charge in [0.2, 0.25) is 0 Å². The highest BCUT2D eigenvalue weighted by molar-refractivity contribution is 6.30. The Morgan fingerprint density at radius 3 is 2.71 bits per heavy atom. The predicted molar refractivity (Wildman–Crippen MR) is 102 cm³/mol. The zero-order chi connectivity index (χ0) is 17.4. The van der Waals surface area contributed by atoms with Crippen LogP contribution in [0, 0.1) is 6.92 Å². The number of benzene rings is 2. The van der Waals surface area contributed by atoms with Crippen LogP contribution in [0.3, 0.4) is 0 Å². The van der Waals surface area contributed by atoms with Gasteiger partial charge in [0.15, 0.2) is 0 Å².